The molecule has 5 N–H and O–H groups in total. The molecule has 0 aromatic carbocycles. The van der Waals surface area contributed by atoms with Crippen molar-refractivity contribution in [3.63, 3.8) is 0 Å². The number of carbonyl (C=O) groups is 2. The molecule has 0 fully saturated rings. The maximum absolute atomic E-state index is 9.43. The predicted molar refractivity (Wildman–Crippen MR) is 40.3 cm³/mol. The summed E-state index contributed by atoms with van der Waals surface area (Å²) in [7, 11) is 3.38. The number of hydrogen-bond donors (Lipinski definition) is 1. The predicted octanol–water partition coefficient (Wildman–Crippen LogP) is -1.86. The molecule has 0 aliphatic carbocycles. The number of aliphatic carboxylic acids is 1. The van der Waals surface area contributed by atoms with Crippen LogP contribution in [-0.4, -0.2) is 47.4 Å². The number of carboxylic acids is 1. The van der Waals surface area contributed by atoms with E-state index in [1.165, 1.54) is 4.90 Å². The van der Waals surface area contributed by atoms with Crippen molar-refractivity contribution in [3.8, 4) is 0 Å². The number of nitrogens with zero attached hydrogens (tertiary/aromatic N) is 1. The van der Waals surface area contributed by atoms with Gasteiger partial charge in [-0.25, -0.2) is 0 Å². The minimum Gasteiger partial charge on any atom is -0.481 e. The zero-order valence-electron chi connectivity index (χ0n) is 7.50. The van der Waals surface area contributed by atoms with Crippen molar-refractivity contribution in [1.82, 2.24) is 4.90 Å². The molecule has 0 rings (SSSR count). The molecule has 1 amide bonds. The first-order valence-electron chi connectivity index (χ1n) is 2.32. The summed E-state index contributed by atoms with van der Waals surface area (Å²) in [5, 5.41) is 7.42. The van der Waals surface area contributed by atoms with Crippen LogP contribution < -0.4 is 0 Å². The molecule has 72 valence electrons. The standard InChI is InChI=1S/C3H7NO.C2H4O2.2H2O.Zn/c1-4(2)3-5;1-2(3)4;;;/h3H,1-2H3;1H3,(H,3,4);2*1H2;. The van der Waals surface area contributed by atoms with Crippen LogP contribution in [0.2, 0.25) is 0 Å². The summed E-state index contributed by atoms with van der Waals surface area (Å²) in [6, 6.07) is 0. The number of carbonyl (C=O) groups excluding carboxylic acids is 1. The molecule has 0 aromatic heterocycles. The maximum atomic E-state index is 9.43. The third kappa shape index (κ3) is 310. The van der Waals surface area contributed by atoms with Crippen LogP contribution in [0.1, 0.15) is 6.92 Å². The summed E-state index contributed by atoms with van der Waals surface area (Å²) >= 11 is 0. The second-order valence-electron chi connectivity index (χ2n) is 1.59. The molecule has 0 aromatic rings. The van der Waals surface area contributed by atoms with Crippen LogP contribution in [-0.2, 0) is 29.1 Å². The van der Waals surface area contributed by atoms with Gasteiger partial charge in [0, 0.05) is 40.5 Å². The summed E-state index contributed by atoms with van der Waals surface area (Å²) in [6.45, 7) is 1.08. The molecular weight excluding hydrogens is 219 g/mol. The fourth-order valence-corrected chi connectivity index (χ4v) is 0. The number of hydrogen-bond acceptors (Lipinski definition) is 2. The Morgan fingerprint density at radius 3 is 1.42 bits per heavy atom. The first-order chi connectivity index (χ1) is 4.00. The summed E-state index contributed by atoms with van der Waals surface area (Å²) < 4.78 is 0. The molecule has 0 atom stereocenters. The van der Waals surface area contributed by atoms with Crippen LogP contribution in [0, 0.1) is 0 Å². The van der Waals surface area contributed by atoms with E-state index in [2.05, 4.69) is 0 Å². The van der Waals surface area contributed by atoms with Crippen LogP contribution in [0.4, 0.5) is 0 Å². The Bertz CT molecular complexity index is 93.8. The molecule has 6 nitrogen and oxygen atoms in total. The van der Waals surface area contributed by atoms with Crippen molar-refractivity contribution in [2.45, 2.75) is 6.92 Å². The third-order valence-electron chi connectivity index (χ3n) is 0.211. The molecule has 0 unspecified atom stereocenters. The van der Waals surface area contributed by atoms with Crippen LogP contribution >= 0.6 is 0 Å². The average Bonchev–Trinajstić information content (AvgIpc) is 1.65. The van der Waals surface area contributed by atoms with E-state index in [9.17, 15) is 4.79 Å². The van der Waals surface area contributed by atoms with Gasteiger partial charge in [-0.3, -0.25) is 9.59 Å². The SMILES string of the molecule is CC(=O)O.CN(C)C=O.O.O.[Zn]. The summed E-state index contributed by atoms with van der Waals surface area (Å²) in [4.78, 5) is 19.9. The minimum atomic E-state index is -0.833. The number of rotatable bonds is 1. The van der Waals surface area contributed by atoms with Gasteiger partial charge in [-0.15, -0.1) is 0 Å². The van der Waals surface area contributed by atoms with E-state index < -0.39 is 5.97 Å². The molecule has 0 saturated carbocycles. The fraction of sp³-hybridized carbons (Fsp3) is 0.600. The minimum absolute atomic E-state index is 0. The molecule has 0 heterocycles. The van der Waals surface area contributed by atoms with Crippen molar-refractivity contribution in [2.24, 2.45) is 0 Å². The van der Waals surface area contributed by atoms with Gasteiger partial charge in [-0.1, -0.05) is 0 Å². The fourth-order valence-electron chi connectivity index (χ4n) is 0. The Hall–Kier alpha value is -0.517. The van der Waals surface area contributed by atoms with E-state index in [1.807, 2.05) is 0 Å². The van der Waals surface area contributed by atoms with Gasteiger partial charge in [-0.2, -0.15) is 0 Å². The number of carboxylic acid groups (broad SMARTS) is 1. The Kier molecular flexibility index (Phi) is 56.1. The average molecular weight is 235 g/mol. The van der Waals surface area contributed by atoms with Gasteiger partial charge in [0.25, 0.3) is 5.97 Å². The van der Waals surface area contributed by atoms with E-state index in [-0.39, 0.29) is 30.4 Å². The van der Waals surface area contributed by atoms with Gasteiger partial charge in [0.1, 0.15) is 0 Å². The molecular formula is C5H15NO5Zn. The first kappa shape index (κ1) is 30.0. The Morgan fingerprint density at radius 1 is 1.33 bits per heavy atom. The van der Waals surface area contributed by atoms with Gasteiger partial charge < -0.3 is 21.0 Å². The van der Waals surface area contributed by atoms with Gasteiger partial charge in [0.2, 0.25) is 6.41 Å². The van der Waals surface area contributed by atoms with Gasteiger partial charge in [-0.05, 0) is 0 Å². The smallest absolute Gasteiger partial charge is 0.300 e. The summed E-state index contributed by atoms with van der Waals surface area (Å²) in [5.41, 5.74) is 0. The van der Waals surface area contributed by atoms with E-state index in [4.69, 9.17) is 9.90 Å². The molecule has 0 aliphatic rings. The summed E-state index contributed by atoms with van der Waals surface area (Å²) in [5.74, 6) is -0.833. The molecule has 0 radical (unpaired) electrons. The van der Waals surface area contributed by atoms with Crippen molar-refractivity contribution in [3.05, 3.63) is 0 Å². The molecule has 0 bridgehead atoms. The van der Waals surface area contributed by atoms with Gasteiger partial charge in [0.05, 0.1) is 0 Å². The number of amides is 1. The Morgan fingerprint density at radius 2 is 1.42 bits per heavy atom. The second-order valence-corrected chi connectivity index (χ2v) is 1.59. The normalized spacial score (nSPS) is 4.92. The van der Waals surface area contributed by atoms with Gasteiger partial charge >= 0.3 is 0 Å². The van der Waals surface area contributed by atoms with Crippen molar-refractivity contribution >= 4 is 12.4 Å². The van der Waals surface area contributed by atoms with Crippen LogP contribution in [0.15, 0.2) is 0 Å². The molecule has 0 spiro atoms. The molecule has 0 aliphatic heterocycles. The first-order valence-corrected chi connectivity index (χ1v) is 2.32. The van der Waals surface area contributed by atoms with Crippen molar-refractivity contribution in [1.29, 1.82) is 0 Å². The monoisotopic (exact) mass is 233 g/mol. The van der Waals surface area contributed by atoms with E-state index in [0.29, 0.717) is 0 Å². The summed E-state index contributed by atoms with van der Waals surface area (Å²) in [6.07, 6.45) is 0.750. The topological polar surface area (TPSA) is 121 Å². The van der Waals surface area contributed by atoms with E-state index in [1.54, 1.807) is 14.1 Å². The van der Waals surface area contributed by atoms with E-state index in [0.717, 1.165) is 13.3 Å². The van der Waals surface area contributed by atoms with Crippen LogP contribution in [0.25, 0.3) is 0 Å². The zero-order valence-corrected chi connectivity index (χ0v) is 10.5. The van der Waals surface area contributed by atoms with Gasteiger partial charge in [0.15, 0.2) is 0 Å². The Labute approximate surface area is 83.9 Å². The second kappa shape index (κ2) is 22.4. The Balaban J connectivity index is -0.0000000221. The largest absolute Gasteiger partial charge is 0.481 e. The van der Waals surface area contributed by atoms with Crippen molar-refractivity contribution in [2.75, 3.05) is 14.1 Å². The van der Waals surface area contributed by atoms with E-state index >= 15 is 0 Å². The molecule has 0 saturated heterocycles. The van der Waals surface area contributed by atoms with Crippen molar-refractivity contribution < 1.29 is 45.1 Å². The molecule has 7 heteroatoms. The third-order valence-corrected chi connectivity index (χ3v) is 0.211. The zero-order chi connectivity index (χ0) is 7.86. The quantitative estimate of drug-likeness (QED) is 0.423. The van der Waals surface area contributed by atoms with Crippen LogP contribution in [0.5, 0.6) is 0 Å². The van der Waals surface area contributed by atoms with Crippen LogP contribution in [0.3, 0.4) is 0 Å². The molecule has 12 heavy (non-hydrogen) atoms. The maximum Gasteiger partial charge on any atom is 0.300 e.